The van der Waals surface area contributed by atoms with E-state index < -0.39 is 43.5 Å². The molecule has 0 aromatic rings. The van der Waals surface area contributed by atoms with Crippen LogP contribution in [0.5, 0.6) is 0 Å². The lowest BCUT2D eigenvalue weighted by atomic mass is 10.0. The Morgan fingerprint density at radius 3 is 2.19 bits per heavy atom. The SMILES string of the molecule is [2H]CC(=O)NC(O)[C@@H](O)[C@@H](O)[C@H](O)[C@@H](O)C=O. The molecule has 1 amide bonds. The van der Waals surface area contributed by atoms with Crippen LogP contribution in [-0.2, 0) is 9.59 Å². The van der Waals surface area contributed by atoms with Crippen molar-refractivity contribution in [1.82, 2.24) is 5.32 Å². The fraction of sp³-hybridized carbons (Fsp3) is 0.750. The molecule has 8 nitrogen and oxygen atoms in total. The van der Waals surface area contributed by atoms with Crippen LogP contribution in [-0.4, -0.2) is 68.4 Å². The van der Waals surface area contributed by atoms with Gasteiger partial charge in [-0.1, -0.05) is 0 Å². The molecule has 1 unspecified atom stereocenters. The van der Waals surface area contributed by atoms with Gasteiger partial charge < -0.3 is 35.6 Å². The number of carbonyl (C=O) groups is 2. The number of aliphatic hydroxyl groups is 5. The number of rotatable bonds is 6. The van der Waals surface area contributed by atoms with E-state index >= 15 is 0 Å². The quantitative estimate of drug-likeness (QED) is 0.204. The molecule has 8 heteroatoms. The second-order valence-corrected chi connectivity index (χ2v) is 3.11. The van der Waals surface area contributed by atoms with Crippen molar-refractivity contribution in [2.45, 2.75) is 37.5 Å². The molecule has 0 heterocycles. The molecule has 94 valence electrons. The lowest BCUT2D eigenvalue weighted by Gasteiger charge is -2.27. The maximum absolute atomic E-state index is 10.7. The minimum Gasteiger partial charge on any atom is -0.387 e. The predicted octanol–water partition coefficient (Wildman–Crippen LogP) is -3.92. The number of amides is 1. The standard InChI is InChI=1S/C8H15NO7/c1-3(11)9-8(16)7(15)6(14)5(13)4(12)2-10/h2,4-8,12-16H,1H3,(H,9,11)/t4-,5+,6-,7-,8?/m0/s1/i1D. The fourth-order valence-electron chi connectivity index (χ4n) is 0.922. The Labute approximate surface area is 92.5 Å². The Bertz CT molecular complexity index is 264. The first kappa shape index (κ1) is 13.0. The molecular weight excluding hydrogens is 222 g/mol. The molecule has 5 atom stereocenters. The van der Waals surface area contributed by atoms with Gasteiger partial charge in [-0.2, -0.15) is 0 Å². The highest BCUT2D eigenvalue weighted by Gasteiger charge is 2.34. The Morgan fingerprint density at radius 2 is 1.75 bits per heavy atom. The molecule has 0 radical (unpaired) electrons. The lowest BCUT2D eigenvalue weighted by molar-refractivity contribution is -0.151. The van der Waals surface area contributed by atoms with Crippen molar-refractivity contribution in [3.63, 3.8) is 0 Å². The summed E-state index contributed by atoms with van der Waals surface area (Å²) < 4.78 is 6.63. The number of aliphatic hydroxyl groups excluding tert-OH is 5. The number of hydrogen-bond acceptors (Lipinski definition) is 7. The third-order valence-corrected chi connectivity index (χ3v) is 1.82. The van der Waals surface area contributed by atoms with Crippen molar-refractivity contribution in [3.05, 3.63) is 0 Å². The average molecular weight is 238 g/mol. The maximum Gasteiger partial charge on any atom is 0.218 e. The van der Waals surface area contributed by atoms with Crippen molar-refractivity contribution in [2.75, 3.05) is 0 Å². The smallest absolute Gasteiger partial charge is 0.218 e. The zero-order valence-electron chi connectivity index (χ0n) is 9.22. The highest BCUT2D eigenvalue weighted by molar-refractivity contribution is 5.73. The van der Waals surface area contributed by atoms with Gasteiger partial charge >= 0.3 is 0 Å². The number of hydrogen-bond donors (Lipinski definition) is 6. The van der Waals surface area contributed by atoms with Gasteiger partial charge in [0.1, 0.15) is 24.4 Å². The molecule has 0 fully saturated rings. The number of carbonyl (C=O) groups excluding carboxylic acids is 2. The Morgan fingerprint density at radius 1 is 1.19 bits per heavy atom. The highest BCUT2D eigenvalue weighted by Crippen LogP contribution is 2.06. The Kier molecular flexibility index (Phi) is 5.29. The van der Waals surface area contributed by atoms with Crippen molar-refractivity contribution in [1.29, 1.82) is 0 Å². The van der Waals surface area contributed by atoms with E-state index in [-0.39, 0.29) is 6.29 Å². The molecule has 0 spiro atoms. The summed E-state index contributed by atoms with van der Waals surface area (Å²) in [5.41, 5.74) is 0. The highest BCUT2D eigenvalue weighted by atomic mass is 16.4. The summed E-state index contributed by atoms with van der Waals surface area (Å²) in [6.45, 7) is -0.695. The van der Waals surface area contributed by atoms with Gasteiger partial charge in [0.2, 0.25) is 5.91 Å². The summed E-state index contributed by atoms with van der Waals surface area (Å²) in [4.78, 5) is 20.8. The predicted molar refractivity (Wildman–Crippen MR) is 49.9 cm³/mol. The van der Waals surface area contributed by atoms with Crippen molar-refractivity contribution in [2.24, 2.45) is 0 Å². The maximum atomic E-state index is 10.7. The van der Waals surface area contributed by atoms with E-state index in [1.807, 2.05) is 0 Å². The van der Waals surface area contributed by atoms with E-state index in [0.717, 1.165) is 0 Å². The topological polar surface area (TPSA) is 147 Å². The number of aldehydes is 1. The van der Waals surface area contributed by atoms with E-state index in [4.69, 9.17) is 11.6 Å². The molecule has 0 saturated heterocycles. The third-order valence-electron chi connectivity index (χ3n) is 1.82. The van der Waals surface area contributed by atoms with Gasteiger partial charge in [0.05, 0.1) is 0 Å². The Hall–Kier alpha value is -1.06. The second-order valence-electron chi connectivity index (χ2n) is 3.11. The molecule has 0 aromatic heterocycles. The van der Waals surface area contributed by atoms with Crippen LogP contribution < -0.4 is 5.32 Å². The van der Waals surface area contributed by atoms with E-state index in [1.54, 1.807) is 5.32 Å². The van der Waals surface area contributed by atoms with Gasteiger partial charge in [0, 0.05) is 8.27 Å². The van der Waals surface area contributed by atoms with Gasteiger partial charge in [0.25, 0.3) is 0 Å². The van der Waals surface area contributed by atoms with E-state index in [2.05, 4.69) is 0 Å². The second kappa shape index (κ2) is 6.51. The van der Waals surface area contributed by atoms with E-state index in [1.165, 1.54) is 0 Å². The molecule has 16 heavy (non-hydrogen) atoms. The van der Waals surface area contributed by atoms with E-state index in [9.17, 15) is 24.9 Å². The minimum atomic E-state index is -2.05. The minimum absolute atomic E-state index is 0.0601. The van der Waals surface area contributed by atoms with Gasteiger partial charge in [-0.25, -0.2) is 0 Å². The van der Waals surface area contributed by atoms with Crippen LogP contribution >= 0.6 is 0 Å². The lowest BCUT2D eigenvalue weighted by Crippen LogP contribution is -2.54. The third kappa shape index (κ3) is 4.21. The fourth-order valence-corrected chi connectivity index (χ4v) is 0.922. The molecule has 0 saturated carbocycles. The molecule has 0 aromatic carbocycles. The summed E-state index contributed by atoms with van der Waals surface area (Å²) in [5, 5.41) is 47.5. The summed E-state index contributed by atoms with van der Waals surface area (Å²) >= 11 is 0. The van der Waals surface area contributed by atoms with E-state index in [0.29, 0.717) is 0 Å². The van der Waals surface area contributed by atoms with Crippen LogP contribution in [0.1, 0.15) is 8.27 Å². The summed E-state index contributed by atoms with van der Waals surface area (Å²) in [5.74, 6) is -0.908. The first-order valence-electron chi connectivity index (χ1n) is 5.00. The largest absolute Gasteiger partial charge is 0.387 e. The van der Waals surface area contributed by atoms with Gasteiger partial charge in [0.15, 0.2) is 12.5 Å². The van der Waals surface area contributed by atoms with Crippen LogP contribution in [0.25, 0.3) is 0 Å². The van der Waals surface area contributed by atoms with Crippen LogP contribution in [0.15, 0.2) is 0 Å². The zero-order valence-corrected chi connectivity index (χ0v) is 8.22. The van der Waals surface area contributed by atoms with Crippen molar-refractivity contribution < 1.29 is 36.5 Å². The molecule has 0 rings (SSSR count). The van der Waals surface area contributed by atoms with Gasteiger partial charge in [-0.15, -0.1) is 0 Å². The molecule has 0 aliphatic carbocycles. The van der Waals surface area contributed by atoms with Crippen LogP contribution in [0, 0.1) is 0 Å². The molecule has 6 N–H and O–H groups in total. The molecular formula is C8H15NO7. The average Bonchev–Trinajstić information content (AvgIpc) is 2.34. The molecule has 0 aliphatic rings. The first-order chi connectivity index (χ1) is 7.84. The molecule has 0 bridgehead atoms. The monoisotopic (exact) mass is 238 g/mol. The summed E-state index contributed by atoms with van der Waals surface area (Å²) in [6.07, 6.45) is -10.00. The summed E-state index contributed by atoms with van der Waals surface area (Å²) in [6, 6.07) is 0. The normalized spacial score (nSPS) is 21.2. The van der Waals surface area contributed by atoms with Crippen LogP contribution in [0.2, 0.25) is 0 Å². The van der Waals surface area contributed by atoms with Crippen LogP contribution in [0.4, 0.5) is 0 Å². The first-order valence-corrected chi connectivity index (χ1v) is 4.29. The van der Waals surface area contributed by atoms with Gasteiger partial charge in [-0.3, -0.25) is 4.79 Å². The van der Waals surface area contributed by atoms with Crippen molar-refractivity contribution in [3.8, 4) is 0 Å². The Balaban J connectivity index is 4.42. The van der Waals surface area contributed by atoms with Gasteiger partial charge in [-0.05, 0) is 0 Å². The van der Waals surface area contributed by atoms with Crippen molar-refractivity contribution >= 4 is 12.2 Å². The zero-order chi connectivity index (χ0) is 13.6. The van der Waals surface area contributed by atoms with Crippen LogP contribution in [0.3, 0.4) is 0 Å². The number of nitrogens with one attached hydrogen (secondary N) is 1. The summed E-state index contributed by atoms with van der Waals surface area (Å²) in [7, 11) is 0. The molecule has 0 aliphatic heterocycles.